The Morgan fingerprint density at radius 3 is 2.23 bits per heavy atom. The minimum Gasteiger partial charge on any atom is -0.387 e. The van der Waals surface area contributed by atoms with Gasteiger partial charge < -0.3 is 40.3 Å². The quantitative estimate of drug-likeness (QED) is 0.152. The van der Waals surface area contributed by atoms with E-state index in [1.165, 1.54) is 0 Å². The number of aromatic amines is 1. The summed E-state index contributed by atoms with van der Waals surface area (Å²) in [7, 11) is -16.8. The Kier molecular flexibility index (Phi) is 7.96. The highest BCUT2D eigenvalue weighted by Crippen LogP contribution is 2.66. The second kappa shape index (κ2) is 9.43. The van der Waals surface area contributed by atoms with Crippen LogP contribution >= 0.6 is 23.5 Å². The van der Waals surface area contributed by atoms with Crippen molar-refractivity contribution in [2.45, 2.75) is 31.1 Å². The highest BCUT2D eigenvalue weighted by Gasteiger charge is 2.46. The van der Waals surface area contributed by atoms with E-state index in [1.807, 2.05) is 4.98 Å². The van der Waals surface area contributed by atoms with Crippen molar-refractivity contribution in [1.82, 2.24) is 9.55 Å². The molecule has 0 radical (unpaired) electrons. The number of aliphatic hydroxyl groups is 2. The molecule has 1 fully saturated rings. The van der Waals surface area contributed by atoms with Gasteiger partial charge in [0.15, 0.2) is 6.23 Å². The highest BCUT2D eigenvalue weighted by molar-refractivity contribution is 7.66. The molecular weight excluding hydrogens is 495 g/mol. The molecule has 0 bridgehead atoms. The van der Waals surface area contributed by atoms with Crippen LogP contribution in [-0.4, -0.2) is 64.3 Å². The molecule has 31 heavy (non-hydrogen) atoms. The fourth-order valence-corrected chi connectivity index (χ4v) is 5.46. The number of rotatable bonds is 9. The summed E-state index contributed by atoms with van der Waals surface area (Å²) < 4.78 is 50.8. The molecule has 1 aromatic rings. The van der Waals surface area contributed by atoms with Gasteiger partial charge in [-0.3, -0.25) is 18.9 Å². The second-order valence-corrected chi connectivity index (χ2v) is 10.4. The molecular formula is C10H18N3O15P3. The highest BCUT2D eigenvalue weighted by atomic mass is 31.3. The maximum atomic E-state index is 12.0. The van der Waals surface area contributed by atoms with Crippen LogP contribution in [-0.2, 0) is 38.1 Å². The third-order valence-corrected chi connectivity index (χ3v) is 7.49. The van der Waals surface area contributed by atoms with Crippen LogP contribution in [0.5, 0.6) is 0 Å². The van der Waals surface area contributed by atoms with Crippen molar-refractivity contribution < 1.29 is 61.4 Å². The van der Waals surface area contributed by atoms with Gasteiger partial charge in [-0.2, -0.15) is 8.62 Å². The SMILES string of the molecule is NCc1cn([C@@H]2O[C@H](COP(=O)(O)OP(=O)(O)OP(=O)(O)O)[C@@H](O)[C@H]2O)c(=O)[nH]c1=O. The first-order valence-electron chi connectivity index (χ1n) is 7.89. The molecule has 1 aliphatic rings. The van der Waals surface area contributed by atoms with Gasteiger partial charge >= 0.3 is 29.2 Å². The van der Waals surface area contributed by atoms with E-state index in [-0.39, 0.29) is 12.1 Å². The fraction of sp³-hybridized carbons (Fsp3) is 0.600. The van der Waals surface area contributed by atoms with Crippen molar-refractivity contribution >= 4 is 23.5 Å². The molecule has 0 aromatic carbocycles. The predicted octanol–water partition coefficient (Wildman–Crippen LogP) is -3.04. The first kappa shape index (κ1) is 26.2. The molecule has 0 aliphatic carbocycles. The zero-order valence-corrected chi connectivity index (χ0v) is 17.7. The van der Waals surface area contributed by atoms with Gasteiger partial charge in [-0.15, -0.1) is 0 Å². The van der Waals surface area contributed by atoms with Gasteiger partial charge in [0.05, 0.1) is 6.61 Å². The van der Waals surface area contributed by atoms with Crippen LogP contribution in [0.1, 0.15) is 11.8 Å². The maximum absolute atomic E-state index is 12.0. The normalized spacial score (nSPS) is 28.2. The van der Waals surface area contributed by atoms with Crippen molar-refractivity contribution in [3.8, 4) is 0 Å². The average Bonchev–Trinajstić information content (AvgIpc) is 2.85. The van der Waals surface area contributed by atoms with Crippen LogP contribution in [0.3, 0.4) is 0 Å². The summed E-state index contributed by atoms with van der Waals surface area (Å²) in [5, 5.41) is 20.1. The average molecular weight is 513 g/mol. The molecule has 1 aromatic heterocycles. The number of H-pyrrole nitrogens is 1. The number of nitrogens with one attached hydrogen (secondary N) is 1. The number of aliphatic hydroxyl groups excluding tert-OH is 2. The lowest BCUT2D eigenvalue weighted by atomic mass is 10.1. The molecule has 0 spiro atoms. The number of hydrogen-bond acceptors (Lipinski definition) is 12. The number of phosphoric acid groups is 3. The first-order chi connectivity index (χ1) is 14.1. The van der Waals surface area contributed by atoms with Crippen molar-refractivity contribution in [2.75, 3.05) is 6.61 Å². The summed E-state index contributed by atoms with van der Waals surface area (Å²) in [5.74, 6) is 0. The van der Waals surface area contributed by atoms with Gasteiger partial charge in [0.2, 0.25) is 0 Å². The van der Waals surface area contributed by atoms with E-state index in [0.717, 1.165) is 6.20 Å². The van der Waals surface area contributed by atoms with Crippen LogP contribution in [0.25, 0.3) is 0 Å². The Hall–Kier alpha value is -1.07. The Balaban J connectivity index is 2.12. The molecule has 1 saturated heterocycles. The minimum absolute atomic E-state index is 0.0680. The minimum atomic E-state index is -5.75. The van der Waals surface area contributed by atoms with Crippen molar-refractivity contribution in [3.63, 3.8) is 0 Å². The molecule has 0 saturated carbocycles. The molecule has 1 aliphatic heterocycles. The molecule has 21 heteroatoms. The summed E-state index contributed by atoms with van der Waals surface area (Å²) >= 11 is 0. The Morgan fingerprint density at radius 1 is 1.06 bits per heavy atom. The monoisotopic (exact) mass is 513 g/mol. The molecule has 18 nitrogen and oxygen atoms in total. The predicted molar refractivity (Wildman–Crippen MR) is 95.0 cm³/mol. The summed E-state index contributed by atoms with van der Waals surface area (Å²) in [6.45, 7) is -1.35. The molecule has 9 N–H and O–H groups in total. The maximum Gasteiger partial charge on any atom is 0.490 e. The Morgan fingerprint density at radius 2 is 1.68 bits per heavy atom. The van der Waals surface area contributed by atoms with E-state index < -0.39 is 65.9 Å². The van der Waals surface area contributed by atoms with Gasteiger partial charge in [0.1, 0.15) is 18.3 Å². The van der Waals surface area contributed by atoms with E-state index in [0.29, 0.717) is 4.57 Å². The van der Waals surface area contributed by atoms with Crippen molar-refractivity contribution in [2.24, 2.45) is 5.73 Å². The van der Waals surface area contributed by atoms with E-state index in [1.54, 1.807) is 0 Å². The molecule has 2 heterocycles. The topological polar surface area (TPSA) is 290 Å². The number of phosphoric ester groups is 1. The van der Waals surface area contributed by atoms with E-state index >= 15 is 0 Å². The number of ether oxygens (including phenoxy) is 1. The lowest BCUT2D eigenvalue weighted by Gasteiger charge is -2.19. The largest absolute Gasteiger partial charge is 0.490 e. The fourth-order valence-electron chi connectivity index (χ4n) is 2.43. The zero-order chi connectivity index (χ0) is 23.8. The van der Waals surface area contributed by atoms with Gasteiger partial charge in [0.25, 0.3) is 5.56 Å². The van der Waals surface area contributed by atoms with E-state index in [9.17, 15) is 38.4 Å². The molecule has 6 atom stereocenters. The first-order valence-corrected chi connectivity index (χ1v) is 12.4. The van der Waals surface area contributed by atoms with Crippen LogP contribution in [0.4, 0.5) is 0 Å². The van der Waals surface area contributed by atoms with Crippen molar-refractivity contribution in [1.29, 1.82) is 0 Å². The Bertz CT molecular complexity index is 1060. The molecule has 2 unspecified atom stereocenters. The lowest BCUT2D eigenvalue weighted by molar-refractivity contribution is -0.0543. The van der Waals surface area contributed by atoms with E-state index in [2.05, 4.69) is 13.1 Å². The van der Waals surface area contributed by atoms with Crippen LogP contribution in [0.15, 0.2) is 15.8 Å². The lowest BCUT2D eigenvalue weighted by Crippen LogP contribution is -2.39. The number of aromatic nitrogens is 2. The standard InChI is InChI=1S/C10H18N3O15P3/c11-1-4-2-13(10(17)12-8(4)16)9-7(15)6(14)5(26-9)3-25-30(21,22)28-31(23,24)27-29(18,19)20/h2,5-7,9,14-15H,1,3,11H2,(H,21,22)(H,23,24)(H,12,16,17)(H2,18,19,20)/t5-,6-,7-,9-/m1/s1. The third kappa shape index (κ3) is 6.95. The number of nitrogens with two attached hydrogens (primary N) is 1. The van der Waals surface area contributed by atoms with Gasteiger partial charge in [-0.1, -0.05) is 0 Å². The van der Waals surface area contributed by atoms with E-state index in [4.69, 9.17) is 25.2 Å². The summed E-state index contributed by atoms with van der Waals surface area (Å²) in [6, 6.07) is 0. The smallest absolute Gasteiger partial charge is 0.387 e. The van der Waals surface area contributed by atoms with Gasteiger partial charge in [-0.25, -0.2) is 18.5 Å². The zero-order valence-electron chi connectivity index (χ0n) is 15.0. The van der Waals surface area contributed by atoms with Crippen LogP contribution < -0.4 is 17.0 Å². The number of hydrogen-bond donors (Lipinski definition) is 8. The van der Waals surface area contributed by atoms with Crippen LogP contribution in [0.2, 0.25) is 0 Å². The molecule has 2 rings (SSSR count). The van der Waals surface area contributed by atoms with Crippen molar-refractivity contribution in [3.05, 3.63) is 32.6 Å². The number of nitrogens with zero attached hydrogens (tertiary/aromatic N) is 1. The Labute approximate surface area is 171 Å². The molecule has 0 amide bonds. The molecule has 178 valence electrons. The summed E-state index contributed by atoms with van der Waals surface area (Å²) in [5.41, 5.74) is 3.46. The van der Waals surface area contributed by atoms with Crippen LogP contribution in [0, 0.1) is 0 Å². The summed E-state index contributed by atoms with van der Waals surface area (Å²) in [6.07, 6.45) is -5.86. The van der Waals surface area contributed by atoms with Gasteiger partial charge in [-0.05, 0) is 0 Å². The van der Waals surface area contributed by atoms with Gasteiger partial charge in [0, 0.05) is 18.3 Å². The second-order valence-electron chi connectivity index (χ2n) is 5.96. The third-order valence-electron chi connectivity index (χ3n) is 3.69. The summed E-state index contributed by atoms with van der Waals surface area (Å²) in [4.78, 5) is 60.9.